The average molecular weight is 291 g/mol. The van der Waals surface area contributed by atoms with Crippen molar-refractivity contribution in [2.24, 2.45) is 0 Å². The van der Waals surface area contributed by atoms with Gasteiger partial charge in [0.25, 0.3) is 0 Å². The molecule has 0 aliphatic heterocycles. The highest BCUT2D eigenvalue weighted by Crippen LogP contribution is 2.31. The summed E-state index contributed by atoms with van der Waals surface area (Å²) in [5, 5.41) is 7.95. The molecule has 0 saturated heterocycles. The third kappa shape index (κ3) is 3.50. The highest BCUT2D eigenvalue weighted by Gasteiger charge is 2.11. The summed E-state index contributed by atoms with van der Waals surface area (Å²) in [5.74, 6) is 0.899. The Kier molecular flexibility index (Phi) is 4.76. The first-order chi connectivity index (χ1) is 10.2. The summed E-state index contributed by atoms with van der Waals surface area (Å²) in [5.41, 5.74) is 1.46. The number of esters is 1. The van der Waals surface area contributed by atoms with Crippen LogP contribution in [0, 0.1) is 0 Å². The van der Waals surface area contributed by atoms with E-state index in [0.717, 1.165) is 5.56 Å². The Morgan fingerprint density at radius 2 is 2.00 bits per heavy atom. The molecule has 0 aliphatic rings. The molecule has 0 aliphatic carbocycles. The van der Waals surface area contributed by atoms with Crippen molar-refractivity contribution in [2.75, 3.05) is 20.8 Å². The Morgan fingerprint density at radius 3 is 2.67 bits per heavy atom. The van der Waals surface area contributed by atoms with Crippen LogP contribution in [0.4, 0.5) is 0 Å². The Hall–Kier alpha value is -2.57. The van der Waals surface area contributed by atoms with Gasteiger partial charge in [0, 0.05) is 5.56 Å². The fraction of sp³-hybridized carbons (Fsp3) is 0.357. The minimum atomic E-state index is -0.346. The van der Waals surface area contributed by atoms with E-state index in [2.05, 4.69) is 10.3 Å². The second-order valence-corrected chi connectivity index (χ2v) is 4.18. The van der Waals surface area contributed by atoms with Crippen LogP contribution < -0.4 is 9.47 Å². The summed E-state index contributed by atoms with van der Waals surface area (Å²) in [4.78, 5) is 11.4. The quantitative estimate of drug-likeness (QED) is 0.751. The predicted octanol–water partition coefficient (Wildman–Crippen LogP) is 1.53. The van der Waals surface area contributed by atoms with Crippen LogP contribution in [-0.2, 0) is 16.1 Å². The van der Waals surface area contributed by atoms with Gasteiger partial charge in [-0.15, -0.1) is 5.10 Å². The smallest absolute Gasteiger partial charge is 0.327 e. The van der Waals surface area contributed by atoms with Crippen LogP contribution >= 0.6 is 0 Å². The molecule has 7 heteroatoms. The van der Waals surface area contributed by atoms with E-state index in [1.165, 1.54) is 4.68 Å². The number of benzene rings is 1. The van der Waals surface area contributed by atoms with Crippen LogP contribution in [0.1, 0.15) is 6.92 Å². The lowest BCUT2D eigenvalue weighted by molar-refractivity contribution is -0.144. The van der Waals surface area contributed by atoms with Gasteiger partial charge in [-0.25, -0.2) is 4.68 Å². The number of hydrogen-bond acceptors (Lipinski definition) is 6. The SMILES string of the molecule is CCOC(=O)Cn1cc(-c2ccc(OC)c(OC)c2)nn1. The van der Waals surface area contributed by atoms with E-state index >= 15 is 0 Å². The van der Waals surface area contributed by atoms with E-state index < -0.39 is 0 Å². The molecule has 0 atom stereocenters. The van der Waals surface area contributed by atoms with E-state index in [1.807, 2.05) is 6.07 Å². The van der Waals surface area contributed by atoms with Crippen LogP contribution in [-0.4, -0.2) is 41.8 Å². The van der Waals surface area contributed by atoms with Crippen molar-refractivity contribution in [1.82, 2.24) is 15.0 Å². The lowest BCUT2D eigenvalue weighted by Crippen LogP contribution is -2.13. The first kappa shape index (κ1) is 14.8. The summed E-state index contributed by atoms with van der Waals surface area (Å²) >= 11 is 0. The van der Waals surface area contributed by atoms with Crippen molar-refractivity contribution in [1.29, 1.82) is 0 Å². The number of rotatable bonds is 6. The second kappa shape index (κ2) is 6.74. The van der Waals surface area contributed by atoms with Crippen molar-refractivity contribution in [3.8, 4) is 22.8 Å². The molecule has 0 spiro atoms. The molecule has 0 saturated carbocycles. The Balaban J connectivity index is 2.19. The van der Waals surface area contributed by atoms with Crippen molar-refractivity contribution >= 4 is 5.97 Å². The number of aromatic nitrogens is 3. The normalized spacial score (nSPS) is 10.2. The first-order valence-corrected chi connectivity index (χ1v) is 6.46. The largest absolute Gasteiger partial charge is 0.493 e. The van der Waals surface area contributed by atoms with Gasteiger partial charge in [-0.2, -0.15) is 0 Å². The van der Waals surface area contributed by atoms with Gasteiger partial charge in [0.2, 0.25) is 0 Å². The van der Waals surface area contributed by atoms with Gasteiger partial charge in [0.1, 0.15) is 12.2 Å². The summed E-state index contributed by atoms with van der Waals surface area (Å²) in [6, 6.07) is 5.44. The van der Waals surface area contributed by atoms with Crippen LogP contribution in [0.5, 0.6) is 11.5 Å². The number of carbonyl (C=O) groups excluding carboxylic acids is 1. The van der Waals surface area contributed by atoms with Gasteiger partial charge in [0.15, 0.2) is 11.5 Å². The maximum Gasteiger partial charge on any atom is 0.327 e. The van der Waals surface area contributed by atoms with Crippen LogP contribution in [0.25, 0.3) is 11.3 Å². The zero-order valence-corrected chi connectivity index (χ0v) is 12.2. The maximum atomic E-state index is 11.4. The van der Waals surface area contributed by atoms with Gasteiger partial charge in [-0.05, 0) is 25.1 Å². The summed E-state index contributed by atoms with van der Waals surface area (Å²) in [6.45, 7) is 2.14. The Morgan fingerprint density at radius 1 is 1.24 bits per heavy atom. The van der Waals surface area contributed by atoms with Gasteiger partial charge < -0.3 is 14.2 Å². The highest BCUT2D eigenvalue weighted by molar-refractivity contribution is 5.69. The van der Waals surface area contributed by atoms with Crippen LogP contribution in [0.3, 0.4) is 0 Å². The van der Waals surface area contributed by atoms with E-state index in [-0.39, 0.29) is 12.5 Å². The number of hydrogen-bond donors (Lipinski definition) is 0. The van der Waals surface area contributed by atoms with Crippen LogP contribution in [0.2, 0.25) is 0 Å². The van der Waals surface area contributed by atoms with Crippen molar-refractivity contribution in [3.05, 3.63) is 24.4 Å². The second-order valence-electron chi connectivity index (χ2n) is 4.18. The van der Waals surface area contributed by atoms with Gasteiger partial charge in [-0.1, -0.05) is 5.21 Å². The molecule has 1 aromatic carbocycles. The molecule has 0 bridgehead atoms. The summed E-state index contributed by atoms with van der Waals surface area (Å²) in [6.07, 6.45) is 1.68. The van der Waals surface area contributed by atoms with Gasteiger partial charge in [0.05, 0.1) is 27.0 Å². The molecule has 21 heavy (non-hydrogen) atoms. The third-order valence-electron chi connectivity index (χ3n) is 2.81. The topological polar surface area (TPSA) is 75.5 Å². The van der Waals surface area contributed by atoms with Crippen molar-refractivity contribution < 1.29 is 19.0 Å². The van der Waals surface area contributed by atoms with Crippen LogP contribution in [0.15, 0.2) is 24.4 Å². The van der Waals surface area contributed by atoms with E-state index in [4.69, 9.17) is 14.2 Å². The first-order valence-electron chi connectivity index (χ1n) is 6.46. The molecule has 2 rings (SSSR count). The maximum absolute atomic E-state index is 11.4. The summed E-state index contributed by atoms with van der Waals surface area (Å²) in [7, 11) is 3.15. The van der Waals surface area contributed by atoms with Crippen molar-refractivity contribution in [3.63, 3.8) is 0 Å². The lowest BCUT2D eigenvalue weighted by Gasteiger charge is -2.07. The molecule has 1 heterocycles. The third-order valence-corrected chi connectivity index (χ3v) is 2.81. The standard InChI is InChI=1S/C14H17N3O4/c1-4-21-14(18)9-17-8-11(15-16-17)10-5-6-12(19-2)13(7-10)20-3/h5-8H,4,9H2,1-3H3. The van der Waals surface area contributed by atoms with E-state index in [0.29, 0.717) is 23.8 Å². The number of carbonyl (C=O) groups is 1. The molecule has 0 amide bonds. The predicted molar refractivity (Wildman–Crippen MR) is 75.2 cm³/mol. The molecule has 0 fully saturated rings. The fourth-order valence-electron chi connectivity index (χ4n) is 1.84. The highest BCUT2D eigenvalue weighted by atomic mass is 16.5. The Labute approximate surface area is 122 Å². The van der Waals surface area contributed by atoms with Gasteiger partial charge >= 0.3 is 5.97 Å². The van der Waals surface area contributed by atoms with Gasteiger partial charge in [-0.3, -0.25) is 4.79 Å². The van der Waals surface area contributed by atoms with E-state index in [9.17, 15) is 4.79 Å². The molecular weight excluding hydrogens is 274 g/mol. The molecule has 0 N–H and O–H groups in total. The molecular formula is C14H17N3O4. The molecule has 2 aromatic rings. The minimum absolute atomic E-state index is 0.0358. The molecule has 0 radical (unpaired) electrons. The zero-order valence-electron chi connectivity index (χ0n) is 12.2. The minimum Gasteiger partial charge on any atom is -0.493 e. The summed E-state index contributed by atoms with van der Waals surface area (Å²) < 4.78 is 16.7. The molecule has 112 valence electrons. The molecule has 7 nitrogen and oxygen atoms in total. The molecule has 1 aromatic heterocycles. The van der Waals surface area contributed by atoms with Crippen molar-refractivity contribution in [2.45, 2.75) is 13.5 Å². The number of nitrogens with zero attached hydrogens (tertiary/aromatic N) is 3. The zero-order chi connectivity index (χ0) is 15.2. The molecule has 0 unspecified atom stereocenters. The number of methoxy groups -OCH3 is 2. The number of ether oxygens (including phenoxy) is 3. The monoisotopic (exact) mass is 291 g/mol. The lowest BCUT2D eigenvalue weighted by atomic mass is 10.1. The Bertz CT molecular complexity index is 624. The average Bonchev–Trinajstić information content (AvgIpc) is 2.95. The van der Waals surface area contributed by atoms with E-state index in [1.54, 1.807) is 39.5 Å². The fourth-order valence-corrected chi connectivity index (χ4v) is 1.84.